The van der Waals surface area contributed by atoms with Gasteiger partial charge in [0.15, 0.2) is 11.5 Å². The van der Waals surface area contributed by atoms with Crippen LogP contribution in [0.3, 0.4) is 0 Å². The number of ether oxygens (including phenoxy) is 2. The van der Waals surface area contributed by atoms with Gasteiger partial charge in [-0.1, -0.05) is 0 Å². The van der Waals surface area contributed by atoms with E-state index >= 15 is 0 Å². The highest BCUT2D eigenvalue weighted by atomic mass is 32.1. The van der Waals surface area contributed by atoms with E-state index in [9.17, 15) is 4.79 Å². The van der Waals surface area contributed by atoms with Crippen molar-refractivity contribution in [3.05, 3.63) is 28.2 Å². The number of nitrogens with one attached hydrogen (secondary N) is 1. The van der Waals surface area contributed by atoms with Crippen molar-refractivity contribution in [3.8, 4) is 11.5 Å². The van der Waals surface area contributed by atoms with Crippen molar-refractivity contribution in [2.75, 3.05) is 25.3 Å². The van der Waals surface area contributed by atoms with Gasteiger partial charge in [-0.05, 0) is 6.92 Å². The fourth-order valence-electron chi connectivity index (χ4n) is 1.65. The van der Waals surface area contributed by atoms with E-state index in [4.69, 9.17) is 15.2 Å². The summed E-state index contributed by atoms with van der Waals surface area (Å²) in [4.78, 5) is 16.6. The number of hydrogen-bond acceptors (Lipinski definition) is 6. The number of methoxy groups -OCH3 is 2. The Balaban J connectivity index is 2.27. The van der Waals surface area contributed by atoms with Gasteiger partial charge in [0.2, 0.25) is 0 Å². The minimum absolute atomic E-state index is 0.255. The predicted octanol–water partition coefficient (Wildman–Crippen LogP) is 2.30. The summed E-state index contributed by atoms with van der Waals surface area (Å²) in [6.45, 7) is 1.84. The van der Waals surface area contributed by atoms with E-state index in [0.717, 1.165) is 5.01 Å². The number of nitrogens with zero attached hydrogens (tertiary/aromatic N) is 1. The Morgan fingerprint density at radius 3 is 2.50 bits per heavy atom. The van der Waals surface area contributed by atoms with Crippen molar-refractivity contribution in [2.24, 2.45) is 0 Å². The second-order valence-electron chi connectivity index (χ2n) is 3.99. The molecule has 0 spiro atoms. The normalized spacial score (nSPS) is 10.2. The summed E-state index contributed by atoms with van der Waals surface area (Å²) in [5.41, 5.74) is 6.76. The van der Waals surface area contributed by atoms with Crippen LogP contribution in [0.25, 0.3) is 0 Å². The summed E-state index contributed by atoms with van der Waals surface area (Å²) < 4.78 is 10.3. The van der Waals surface area contributed by atoms with Gasteiger partial charge in [0.25, 0.3) is 5.91 Å². The average molecular weight is 293 g/mol. The molecule has 0 saturated carbocycles. The minimum atomic E-state index is -0.255. The highest BCUT2D eigenvalue weighted by Gasteiger charge is 2.14. The second-order valence-corrected chi connectivity index (χ2v) is 5.23. The molecule has 0 radical (unpaired) electrons. The summed E-state index contributed by atoms with van der Waals surface area (Å²) >= 11 is 1.32. The quantitative estimate of drug-likeness (QED) is 0.845. The first kappa shape index (κ1) is 14.1. The van der Waals surface area contributed by atoms with Crippen LogP contribution in [0.5, 0.6) is 11.5 Å². The van der Waals surface area contributed by atoms with Gasteiger partial charge in [-0.3, -0.25) is 4.79 Å². The molecule has 106 valence electrons. The summed E-state index contributed by atoms with van der Waals surface area (Å²) in [5, 5.41) is 3.57. The molecular weight excluding hydrogens is 278 g/mol. The summed E-state index contributed by atoms with van der Waals surface area (Å²) in [7, 11) is 3.04. The predicted molar refractivity (Wildman–Crippen MR) is 78.8 cm³/mol. The maximum Gasteiger partial charge on any atom is 0.267 e. The van der Waals surface area contributed by atoms with Crippen LogP contribution in [-0.4, -0.2) is 25.1 Å². The molecule has 1 aromatic carbocycles. The second kappa shape index (κ2) is 5.79. The van der Waals surface area contributed by atoms with Crippen LogP contribution in [0, 0.1) is 6.92 Å². The Morgan fingerprint density at radius 1 is 1.30 bits per heavy atom. The van der Waals surface area contributed by atoms with Crippen molar-refractivity contribution in [1.82, 2.24) is 4.98 Å². The van der Waals surface area contributed by atoms with Crippen molar-refractivity contribution < 1.29 is 14.3 Å². The number of rotatable bonds is 4. The van der Waals surface area contributed by atoms with E-state index in [1.807, 2.05) is 6.92 Å². The Labute approximate surface area is 120 Å². The molecule has 0 aliphatic rings. The monoisotopic (exact) mass is 293 g/mol. The van der Waals surface area contributed by atoms with Gasteiger partial charge >= 0.3 is 0 Å². The number of nitrogens with two attached hydrogens (primary N) is 1. The molecule has 7 heteroatoms. The molecule has 20 heavy (non-hydrogen) atoms. The third-order valence-corrected chi connectivity index (χ3v) is 3.56. The maximum atomic E-state index is 12.1. The highest BCUT2D eigenvalue weighted by molar-refractivity contribution is 7.13. The summed E-state index contributed by atoms with van der Waals surface area (Å²) in [6.07, 6.45) is 1.53. The van der Waals surface area contributed by atoms with E-state index in [2.05, 4.69) is 10.3 Å². The van der Waals surface area contributed by atoms with Crippen molar-refractivity contribution in [2.45, 2.75) is 6.92 Å². The molecule has 6 nitrogen and oxygen atoms in total. The molecule has 3 N–H and O–H groups in total. The molecule has 0 fully saturated rings. The van der Waals surface area contributed by atoms with Gasteiger partial charge in [0, 0.05) is 12.1 Å². The Kier molecular flexibility index (Phi) is 4.09. The lowest BCUT2D eigenvalue weighted by Crippen LogP contribution is -2.12. The lowest BCUT2D eigenvalue weighted by molar-refractivity contribution is 0.103. The summed E-state index contributed by atoms with van der Waals surface area (Å²) in [5.74, 6) is 0.753. The highest BCUT2D eigenvalue weighted by Crippen LogP contribution is 2.35. The number of anilines is 2. The number of aromatic nitrogens is 1. The average Bonchev–Trinajstić information content (AvgIpc) is 2.87. The third-order valence-electron chi connectivity index (χ3n) is 2.65. The topological polar surface area (TPSA) is 86.5 Å². The molecule has 2 aromatic rings. The first-order valence-corrected chi connectivity index (χ1v) is 6.62. The number of benzene rings is 1. The van der Waals surface area contributed by atoms with E-state index in [1.165, 1.54) is 31.8 Å². The first-order valence-electron chi connectivity index (χ1n) is 5.80. The van der Waals surface area contributed by atoms with Crippen molar-refractivity contribution in [1.29, 1.82) is 0 Å². The lowest BCUT2D eigenvalue weighted by Gasteiger charge is -2.12. The van der Waals surface area contributed by atoms with Crippen LogP contribution < -0.4 is 20.5 Å². The number of carbonyl (C=O) groups excluding carboxylic acids is 1. The number of hydrogen-bond donors (Lipinski definition) is 2. The molecular formula is C13H15N3O3S. The number of amides is 1. The minimum Gasteiger partial charge on any atom is -0.493 e. The van der Waals surface area contributed by atoms with E-state index in [-0.39, 0.29) is 5.91 Å². The molecule has 0 atom stereocenters. The van der Waals surface area contributed by atoms with Crippen molar-refractivity contribution in [3.63, 3.8) is 0 Å². The molecule has 0 aliphatic heterocycles. The van der Waals surface area contributed by atoms with E-state index in [1.54, 1.807) is 12.1 Å². The zero-order chi connectivity index (χ0) is 14.7. The van der Waals surface area contributed by atoms with Crippen LogP contribution in [0.15, 0.2) is 18.3 Å². The van der Waals surface area contributed by atoms with Gasteiger partial charge < -0.3 is 20.5 Å². The van der Waals surface area contributed by atoms with Gasteiger partial charge in [-0.25, -0.2) is 4.98 Å². The summed E-state index contributed by atoms with van der Waals surface area (Å²) in [6, 6.07) is 3.23. The van der Waals surface area contributed by atoms with Crippen molar-refractivity contribution >= 4 is 28.6 Å². The fourth-order valence-corrected chi connectivity index (χ4v) is 2.33. The van der Waals surface area contributed by atoms with Crippen LogP contribution in [-0.2, 0) is 0 Å². The lowest BCUT2D eigenvalue weighted by atomic mass is 10.2. The Bertz CT molecular complexity index is 640. The van der Waals surface area contributed by atoms with Gasteiger partial charge in [0.1, 0.15) is 4.88 Å². The maximum absolute atomic E-state index is 12.1. The Morgan fingerprint density at radius 2 is 1.95 bits per heavy atom. The molecule has 0 saturated heterocycles. The molecule has 0 aliphatic carbocycles. The fraction of sp³-hybridized carbons (Fsp3) is 0.231. The van der Waals surface area contributed by atoms with Crippen LogP contribution >= 0.6 is 11.3 Å². The number of carbonyl (C=O) groups is 1. The number of nitrogen functional groups attached to an aromatic ring is 1. The standard InChI is InChI=1S/C13H15N3O3S/c1-7-15-6-12(20-7)13(17)16-9-5-11(19-3)10(18-2)4-8(9)14/h4-6H,14H2,1-3H3,(H,16,17). The molecule has 0 unspecified atom stereocenters. The van der Waals surface area contributed by atoms with E-state index in [0.29, 0.717) is 27.8 Å². The molecule has 1 amide bonds. The zero-order valence-electron chi connectivity index (χ0n) is 11.4. The first-order chi connectivity index (χ1) is 9.55. The van der Waals surface area contributed by atoms with Crippen LogP contribution in [0.1, 0.15) is 14.7 Å². The molecule has 1 heterocycles. The number of thiazole rings is 1. The smallest absolute Gasteiger partial charge is 0.267 e. The van der Waals surface area contributed by atoms with Gasteiger partial charge in [0.05, 0.1) is 36.8 Å². The number of aryl methyl sites for hydroxylation is 1. The third kappa shape index (κ3) is 2.83. The van der Waals surface area contributed by atoms with Gasteiger partial charge in [-0.15, -0.1) is 11.3 Å². The van der Waals surface area contributed by atoms with Gasteiger partial charge in [-0.2, -0.15) is 0 Å². The zero-order valence-corrected chi connectivity index (χ0v) is 12.2. The van der Waals surface area contributed by atoms with Crippen LogP contribution in [0.2, 0.25) is 0 Å². The van der Waals surface area contributed by atoms with E-state index < -0.39 is 0 Å². The largest absolute Gasteiger partial charge is 0.493 e. The SMILES string of the molecule is COc1cc(N)c(NC(=O)c2cnc(C)s2)cc1OC. The molecule has 1 aromatic heterocycles. The van der Waals surface area contributed by atoms with Crippen LogP contribution in [0.4, 0.5) is 11.4 Å². The molecule has 2 rings (SSSR count). The Hall–Kier alpha value is -2.28. The molecule has 0 bridgehead atoms.